The third-order valence-corrected chi connectivity index (χ3v) is 5.02. The fourth-order valence-corrected chi connectivity index (χ4v) is 3.99. The molecule has 1 aromatic carbocycles. The molecule has 3 rings (SSSR count). The molecule has 0 radical (unpaired) electrons. The molecule has 124 valence electrons. The first-order valence-electron chi connectivity index (χ1n) is 6.98. The van der Waals surface area contributed by atoms with Crippen molar-refractivity contribution >= 4 is 33.5 Å². The van der Waals surface area contributed by atoms with E-state index in [-0.39, 0.29) is 12.2 Å². The minimum absolute atomic E-state index is 0.0363. The van der Waals surface area contributed by atoms with Crippen molar-refractivity contribution in [1.82, 2.24) is 0 Å². The van der Waals surface area contributed by atoms with Crippen molar-refractivity contribution in [3.63, 3.8) is 0 Å². The van der Waals surface area contributed by atoms with E-state index in [1.165, 1.54) is 24.9 Å². The van der Waals surface area contributed by atoms with Crippen molar-refractivity contribution in [3.05, 3.63) is 28.2 Å². The average molecular weight is 392 g/mol. The van der Waals surface area contributed by atoms with E-state index in [9.17, 15) is 22.8 Å². The molecule has 1 fully saturated rings. The van der Waals surface area contributed by atoms with Crippen LogP contribution in [0.5, 0.6) is 0 Å². The zero-order chi connectivity index (χ0) is 17.2. The summed E-state index contributed by atoms with van der Waals surface area (Å²) in [5.74, 6) is -5.29. The first kappa shape index (κ1) is 16.3. The number of rotatable bonds is 2. The number of carbonyl (C=O) groups excluding carboxylic acids is 2. The Morgan fingerprint density at radius 3 is 2.65 bits per heavy atom. The van der Waals surface area contributed by atoms with Gasteiger partial charge in [0.1, 0.15) is 5.41 Å². The zero-order valence-electron chi connectivity index (χ0n) is 12.3. The number of fused-ring (bicyclic) bond motifs is 2. The number of amides is 1. The van der Waals surface area contributed by atoms with Crippen LogP contribution in [0.2, 0.25) is 0 Å². The number of nitrogens with zero attached hydrogens (tertiary/aromatic N) is 1. The lowest BCUT2D eigenvalue weighted by molar-refractivity contribution is -0.164. The van der Waals surface area contributed by atoms with E-state index in [1.807, 2.05) is 0 Å². The smallest absolute Gasteiger partial charge is 0.394 e. The Hall–Kier alpha value is -1.57. The maximum absolute atomic E-state index is 13.5. The van der Waals surface area contributed by atoms with Crippen LogP contribution in [0.4, 0.5) is 18.9 Å². The second-order valence-corrected chi connectivity index (χ2v) is 6.56. The summed E-state index contributed by atoms with van der Waals surface area (Å²) >= 11 is 3.22. The Bertz CT molecular complexity index is 706. The number of ether oxygens (including phenoxy) is 1. The monoisotopic (exact) mass is 391 g/mol. The highest BCUT2D eigenvalue weighted by Gasteiger charge is 2.85. The molecule has 23 heavy (non-hydrogen) atoms. The van der Waals surface area contributed by atoms with Crippen LogP contribution in [0, 0.1) is 11.8 Å². The van der Waals surface area contributed by atoms with E-state index in [0.29, 0.717) is 10.2 Å². The van der Waals surface area contributed by atoms with E-state index in [4.69, 9.17) is 4.74 Å². The Labute approximate surface area is 138 Å². The number of halogens is 4. The Kier molecular flexibility index (Phi) is 3.51. The Balaban J connectivity index is 2.18. The van der Waals surface area contributed by atoms with Crippen molar-refractivity contribution in [2.45, 2.75) is 18.5 Å². The summed E-state index contributed by atoms with van der Waals surface area (Å²) in [6, 6.07) is 4.70. The summed E-state index contributed by atoms with van der Waals surface area (Å²) in [5, 5.41) is 0. The molecule has 1 amide bonds. The molecular weight excluding hydrogens is 379 g/mol. The molecule has 1 heterocycles. The molecule has 1 aliphatic carbocycles. The second-order valence-electron chi connectivity index (χ2n) is 5.64. The molecule has 0 aromatic heterocycles. The maximum Gasteiger partial charge on any atom is 0.394 e. The summed E-state index contributed by atoms with van der Waals surface area (Å²) < 4.78 is 45.8. The number of benzene rings is 1. The van der Waals surface area contributed by atoms with Gasteiger partial charge in [-0.25, -0.2) is 0 Å². The highest BCUT2D eigenvalue weighted by molar-refractivity contribution is 9.10. The van der Waals surface area contributed by atoms with E-state index < -0.39 is 35.3 Å². The number of likely N-dealkylation sites (N-methyl/N-ethyl adjacent to an activating group) is 1. The van der Waals surface area contributed by atoms with Gasteiger partial charge in [0.15, 0.2) is 0 Å². The number of hydrogen-bond donors (Lipinski definition) is 0. The van der Waals surface area contributed by atoms with Crippen molar-refractivity contribution in [1.29, 1.82) is 0 Å². The van der Waals surface area contributed by atoms with Crippen LogP contribution in [0.25, 0.3) is 0 Å². The number of hydrogen-bond acceptors (Lipinski definition) is 3. The van der Waals surface area contributed by atoms with Crippen LogP contribution >= 0.6 is 15.9 Å². The van der Waals surface area contributed by atoms with E-state index in [1.54, 1.807) is 12.1 Å². The normalized spacial score (nSPS) is 29.0. The zero-order valence-corrected chi connectivity index (χ0v) is 13.9. The first-order chi connectivity index (χ1) is 10.7. The van der Waals surface area contributed by atoms with Gasteiger partial charge in [-0.1, -0.05) is 15.9 Å². The molecule has 3 unspecified atom stereocenters. The van der Waals surface area contributed by atoms with Crippen LogP contribution in [0.1, 0.15) is 12.5 Å². The number of esters is 1. The van der Waals surface area contributed by atoms with Gasteiger partial charge in [-0.3, -0.25) is 9.59 Å². The molecule has 0 bridgehead atoms. The molecule has 0 N–H and O–H groups in total. The predicted molar refractivity (Wildman–Crippen MR) is 78.9 cm³/mol. The minimum atomic E-state index is -4.67. The highest BCUT2D eigenvalue weighted by atomic mass is 79.9. The summed E-state index contributed by atoms with van der Waals surface area (Å²) in [7, 11) is 1.41. The van der Waals surface area contributed by atoms with Gasteiger partial charge in [0.25, 0.3) is 0 Å². The molecule has 1 saturated carbocycles. The lowest BCUT2D eigenvalue weighted by atomic mass is 9.93. The summed E-state index contributed by atoms with van der Waals surface area (Å²) in [4.78, 5) is 25.9. The summed E-state index contributed by atoms with van der Waals surface area (Å²) in [5.41, 5.74) is -1.29. The van der Waals surface area contributed by atoms with E-state index in [0.717, 1.165) is 0 Å². The van der Waals surface area contributed by atoms with Gasteiger partial charge in [0.2, 0.25) is 5.91 Å². The standard InChI is InChI=1S/C15H13BrF3NO3/c1-3-23-12(21)10-11(15(17,18)19)14(10)8-6-7(16)4-5-9(8)20(2)13(14)22/h4-6,10-11H,3H2,1-2H3. The molecule has 1 aromatic rings. The van der Waals surface area contributed by atoms with Gasteiger partial charge in [-0.05, 0) is 30.7 Å². The summed E-state index contributed by atoms with van der Waals surface area (Å²) in [6.07, 6.45) is -4.67. The van der Waals surface area contributed by atoms with Crippen molar-refractivity contribution in [2.24, 2.45) is 11.8 Å². The predicted octanol–water partition coefficient (Wildman–Crippen LogP) is 3.03. The first-order valence-corrected chi connectivity index (χ1v) is 7.78. The average Bonchev–Trinajstić information content (AvgIpc) is 3.12. The largest absolute Gasteiger partial charge is 0.466 e. The van der Waals surface area contributed by atoms with Gasteiger partial charge >= 0.3 is 12.1 Å². The maximum atomic E-state index is 13.5. The third kappa shape index (κ3) is 2.03. The minimum Gasteiger partial charge on any atom is -0.466 e. The Morgan fingerprint density at radius 1 is 1.43 bits per heavy atom. The van der Waals surface area contributed by atoms with Crippen molar-refractivity contribution in [3.8, 4) is 0 Å². The quantitative estimate of drug-likeness (QED) is 0.728. The van der Waals surface area contributed by atoms with Crippen LogP contribution in [0.3, 0.4) is 0 Å². The Morgan fingerprint density at radius 2 is 2.09 bits per heavy atom. The van der Waals surface area contributed by atoms with E-state index >= 15 is 0 Å². The molecular formula is C15H13BrF3NO3. The van der Waals surface area contributed by atoms with Gasteiger partial charge in [-0.2, -0.15) is 13.2 Å². The van der Waals surface area contributed by atoms with E-state index in [2.05, 4.69) is 15.9 Å². The lowest BCUT2D eigenvalue weighted by Gasteiger charge is -2.12. The molecule has 1 aliphatic heterocycles. The van der Waals surface area contributed by atoms with Gasteiger partial charge in [-0.15, -0.1) is 0 Å². The summed E-state index contributed by atoms with van der Waals surface area (Å²) in [6.45, 7) is 1.48. The number of carbonyl (C=O) groups is 2. The fraction of sp³-hybridized carbons (Fsp3) is 0.467. The molecule has 2 aliphatic rings. The van der Waals surface area contributed by atoms with Crippen LogP contribution < -0.4 is 4.90 Å². The molecule has 0 saturated heterocycles. The van der Waals surface area contributed by atoms with Gasteiger partial charge in [0.05, 0.1) is 18.4 Å². The van der Waals surface area contributed by atoms with Gasteiger partial charge < -0.3 is 9.64 Å². The van der Waals surface area contributed by atoms with Crippen LogP contribution in [-0.4, -0.2) is 31.7 Å². The van der Waals surface area contributed by atoms with Crippen molar-refractivity contribution < 1.29 is 27.5 Å². The molecule has 8 heteroatoms. The molecule has 3 atom stereocenters. The third-order valence-electron chi connectivity index (χ3n) is 4.52. The molecule has 4 nitrogen and oxygen atoms in total. The topological polar surface area (TPSA) is 46.6 Å². The van der Waals surface area contributed by atoms with Crippen LogP contribution in [-0.2, 0) is 19.7 Å². The molecule has 1 spiro atoms. The second kappa shape index (κ2) is 4.96. The highest BCUT2D eigenvalue weighted by Crippen LogP contribution is 2.71. The number of alkyl halides is 3. The number of anilines is 1. The fourth-order valence-electron chi connectivity index (χ4n) is 3.62. The lowest BCUT2D eigenvalue weighted by Crippen LogP contribution is -2.33. The van der Waals surface area contributed by atoms with Crippen LogP contribution in [0.15, 0.2) is 22.7 Å². The van der Waals surface area contributed by atoms with Crippen molar-refractivity contribution in [2.75, 3.05) is 18.6 Å². The SMILES string of the molecule is CCOC(=O)C1C(C(F)(F)F)C12C(=O)N(C)c1ccc(Br)cc12. The van der Waals surface area contributed by atoms with Gasteiger partial charge in [0, 0.05) is 17.2 Å².